The third-order valence-electron chi connectivity index (χ3n) is 3.68. The number of ether oxygens (including phenoxy) is 1. The topological polar surface area (TPSA) is 92.8 Å². The molecule has 2 heterocycles. The highest BCUT2D eigenvalue weighted by Crippen LogP contribution is 2.30. The number of nitrogens with zero attached hydrogens (tertiary/aromatic N) is 3. The van der Waals surface area contributed by atoms with Crippen molar-refractivity contribution in [1.82, 2.24) is 20.6 Å². The molecule has 0 saturated heterocycles. The summed E-state index contributed by atoms with van der Waals surface area (Å²) in [6, 6.07) is 14.9. The molecule has 0 fully saturated rings. The van der Waals surface area contributed by atoms with Crippen LogP contribution in [0.25, 0.3) is 21.5 Å². The van der Waals surface area contributed by atoms with Gasteiger partial charge in [-0.3, -0.25) is 4.79 Å². The van der Waals surface area contributed by atoms with Gasteiger partial charge in [-0.25, -0.2) is 0 Å². The molecular formula is C17H13N5O2S. The Morgan fingerprint density at radius 3 is 2.92 bits per heavy atom. The minimum atomic E-state index is -0.162. The van der Waals surface area contributed by atoms with Gasteiger partial charge in [0.1, 0.15) is 5.75 Å². The molecule has 0 saturated carbocycles. The minimum Gasteiger partial charge on any atom is -0.497 e. The van der Waals surface area contributed by atoms with Crippen molar-refractivity contribution < 1.29 is 9.53 Å². The van der Waals surface area contributed by atoms with Gasteiger partial charge in [-0.2, -0.15) is 5.21 Å². The van der Waals surface area contributed by atoms with E-state index in [2.05, 4.69) is 25.9 Å². The number of carbonyl (C=O) groups is 1. The first-order valence-corrected chi connectivity index (χ1v) is 8.27. The number of tetrazole rings is 1. The molecule has 0 unspecified atom stereocenters. The van der Waals surface area contributed by atoms with Gasteiger partial charge < -0.3 is 10.1 Å². The molecule has 2 aromatic heterocycles. The zero-order chi connectivity index (χ0) is 17.2. The predicted molar refractivity (Wildman–Crippen MR) is 95.9 cm³/mol. The van der Waals surface area contributed by atoms with Gasteiger partial charge >= 0.3 is 0 Å². The number of aromatic amines is 1. The SMILES string of the molecule is COc1ccc2cc(C(=O)Nc3cccc(-c4nn[nH]n4)c3)sc2c1. The molecule has 4 aromatic rings. The van der Waals surface area contributed by atoms with Crippen LogP contribution < -0.4 is 10.1 Å². The van der Waals surface area contributed by atoms with Crippen LogP contribution >= 0.6 is 11.3 Å². The molecule has 2 aromatic carbocycles. The summed E-state index contributed by atoms with van der Waals surface area (Å²) in [5.41, 5.74) is 1.44. The molecule has 0 radical (unpaired) electrons. The highest BCUT2D eigenvalue weighted by molar-refractivity contribution is 7.20. The lowest BCUT2D eigenvalue weighted by Crippen LogP contribution is -2.09. The molecule has 0 aliphatic rings. The van der Waals surface area contributed by atoms with E-state index in [1.54, 1.807) is 13.2 Å². The van der Waals surface area contributed by atoms with Gasteiger partial charge in [0, 0.05) is 16.0 Å². The van der Waals surface area contributed by atoms with Crippen molar-refractivity contribution in [3.05, 3.63) is 53.4 Å². The molecule has 0 aliphatic heterocycles. The van der Waals surface area contributed by atoms with Crippen LogP contribution in [-0.2, 0) is 0 Å². The number of hydrogen-bond donors (Lipinski definition) is 2. The van der Waals surface area contributed by atoms with Gasteiger partial charge in [0.05, 0.1) is 12.0 Å². The number of amides is 1. The number of thiophene rings is 1. The fourth-order valence-electron chi connectivity index (χ4n) is 2.46. The number of hydrogen-bond acceptors (Lipinski definition) is 6. The second-order valence-electron chi connectivity index (χ2n) is 5.28. The number of nitrogens with one attached hydrogen (secondary N) is 2. The maximum Gasteiger partial charge on any atom is 0.265 e. The lowest BCUT2D eigenvalue weighted by molar-refractivity contribution is 0.103. The van der Waals surface area contributed by atoms with Crippen molar-refractivity contribution in [1.29, 1.82) is 0 Å². The highest BCUT2D eigenvalue weighted by atomic mass is 32.1. The summed E-state index contributed by atoms with van der Waals surface area (Å²) < 4.78 is 6.23. The lowest BCUT2D eigenvalue weighted by Gasteiger charge is -2.04. The van der Waals surface area contributed by atoms with E-state index in [0.717, 1.165) is 21.4 Å². The maximum absolute atomic E-state index is 12.6. The Balaban J connectivity index is 1.59. The summed E-state index contributed by atoms with van der Waals surface area (Å²) in [7, 11) is 1.62. The molecular weight excluding hydrogens is 338 g/mol. The van der Waals surface area contributed by atoms with Gasteiger partial charge in [0.2, 0.25) is 5.82 Å². The third-order valence-corrected chi connectivity index (χ3v) is 4.77. The summed E-state index contributed by atoms with van der Waals surface area (Å²) in [6.45, 7) is 0. The number of methoxy groups -OCH3 is 1. The Hall–Kier alpha value is -3.26. The van der Waals surface area contributed by atoms with Gasteiger partial charge in [-0.05, 0) is 47.0 Å². The van der Waals surface area contributed by atoms with Crippen LogP contribution in [0.5, 0.6) is 5.75 Å². The first-order chi connectivity index (χ1) is 12.2. The quantitative estimate of drug-likeness (QED) is 0.588. The van der Waals surface area contributed by atoms with Crippen molar-refractivity contribution in [3.63, 3.8) is 0 Å². The van der Waals surface area contributed by atoms with Crippen LogP contribution in [0.1, 0.15) is 9.67 Å². The molecule has 0 aliphatic carbocycles. The number of fused-ring (bicyclic) bond motifs is 1. The molecule has 4 rings (SSSR count). The standard InChI is InChI=1S/C17H13N5O2S/c1-24-13-6-5-10-8-15(25-14(10)9-13)17(23)18-12-4-2-3-11(7-12)16-19-21-22-20-16/h2-9H,1H3,(H,18,23)(H,19,20,21,22). The Kier molecular flexibility index (Phi) is 3.87. The predicted octanol–water partition coefficient (Wildman–Crippen LogP) is 3.34. The summed E-state index contributed by atoms with van der Waals surface area (Å²) in [4.78, 5) is 13.2. The van der Waals surface area contributed by atoms with E-state index in [-0.39, 0.29) is 5.91 Å². The van der Waals surface area contributed by atoms with Gasteiger partial charge in [-0.15, -0.1) is 21.5 Å². The maximum atomic E-state index is 12.6. The van der Waals surface area contributed by atoms with E-state index in [4.69, 9.17) is 4.74 Å². The summed E-state index contributed by atoms with van der Waals surface area (Å²) in [5, 5.41) is 17.8. The van der Waals surface area contributed by atoms with Gasteiger partial charge in [-0.1, -0.05) is 12.1 Å². The zero-order valence-corrected chi connectivity index (χ0v) is 14.0. The number of H-pyrrole nitrogens is 1. The molecule has 0 spiro atoms. The second kappa shape index (κ2) is 6.33. The van der Waals surface area contributed by atoms with E-state index >= 15 is 0 Å². The molecule has 0 atom stereocenters. The van der Waals surface area contributed by atoms with E-state index in [0.29, 0.717) is 16.4 Å². The Morgan fingerprint density at radius 2 is 2.12 bits per heavy atom. The normalized spacial score (nSPS) is 10.8. The number of carbonyl (C=O) groups excluding carboxylic acids is 1. The number of rotatable bonds is 4. The van der Waals surface area contributed by atoms with E-state index in [9.17, 15) is 4.79 Å². The molecule has 0 bridgehead atoms. The molecule has 7 nitrogen and oxygen atoms in total. The van der Waals surface area contributed by atoms with Crippen LogP contribution in [0.15, 0.2) is 48.5 Å². The van der Waals surface area contributed by atoms with Gasteiger partial charge in [0.15, 0.2) is 0 Å². The van der Waals surface area contributed by atoms with Crippen LogP contribution in [0.4, 0.5) is 5.69 Å². The molecule has 8 heteroatoms. The Bertz CT molecular complexity index is 1040. The van der Waals surface area contributed by atoms with E-state index in [1.165, 1.54) is 11.3 Å². The molecule has 1 amide bonds. The summed E-state index contributed by atoms with van der Waals surface area (Å²) >= 11 is 1.42. The minimum absolute atomic E-state index is 0.162. The first kappa shape index (κ1) is 15.3. The average molecular weight is 351 g/mol. The van der Waals surface area contributed by atoms with Crippen LogP contribution in [0.3, 0.4) is 0 Å². The number of anilines is 1. The van der Waals surface area contributed by atoms with Crippen molar-refractivity contribution in [2.24, 2.45) is 0 Å². The van der Waals surface area contributed by atoms with E-state index in [1.807, 2.05) is 42.5 Å². The van der Waals surface area contributed by atoms with Crippen molar-refractivity contribution in [2.75, 3.05) is 12.4 Å². The summed E-state index contributed by atoms with van der Waals surface area (Å²) in [5.74, 6) is 1.09. The van der Waals surface area contributed by atoms with Crippen molar-refractivity contribution >= 4 is 33.0 Å². The average Bonchev–Trinajstić information content (AvgIpc) is 3.31. The smallest absolute Gasteiger partial charge is 0.265 e. The first-order valence-electron chi connectivity index (χ1n) is 7.46. The van der Waals surface area contributed by atoms with Crippen LogP contribution in [-0.4, -0.2) is 33.6 Å². The third kappa shape index (κ3) is 3.07. The van der Waals surface area contributed by atoms with Crippen molar-refractivity contribution in [2.45, 2.75) is 0 Å². The Morgan fingerprint density at radius 1 is 1.20 bits per heavy atom. The largest absolute Gasteiger partial charge is 0.497 e. The fraction of sp³-hybridized carbons (Fsp3) is 0.0588. The van der Waals surface area contributed by atoms with Crippen LogP contribution in [0.2, 0.25) is 0 Å². The monoisotopic (exact) mass is 351 g/mol. The molecule has 25 heavy (non-hydrogen) atoms. The number of aromatic nitrogens is 4. The fourth-order valence-corrected chi connectivity index (χ4v) is 3.45. The molecule has 124 valence electrons. The van der Waals surface area contributed by atoms with Crippen LogP contribution in [0, 0.1) is 0 Å². The molecule has 2 N–H and O–H groups in total. The zero-order valence-electron chi connectivity index (χ0n) is 13.2. The number of benzene rings is 2. The second-order valence-corrected chi connectivity index (χ2v) is 6.37. The summed E-state index contributed by atoms with van der Waals surface area (Å²) in [6.07, 6.45) is 0. The van der Waals surface area contributed by atoms with Crippen molar-refractivity contribution in [3.8, 4) is 17.1 Å². The van der Waals surface area contributed by atoms with E-state index < -0.39 is 0 Å². The lowest BCUT2D eigenvalue weighted by atomic mass is 10.2. The highest BCUT2D eigenvalue weighted by Gasteiger charge is 2.12. The Labute approximate surface area is 146 Å². The van der Waals surface area contributed by atoms with Gasteiger partial charge in [0.25, 0.3) is 5.91 Å².